The molecule has 0 spiro atoms. The van der Waals surface area contributed by atoms with E-state index in [1.54, 1.807) is 12.1 Å². The zero-order valence-corrected chi connectivity index (χ0v) is 16.9. The lowest BCUT2D eigenvalue weighted by Crippen LogP contribution is -2.17. The van der Waals surface area contributed by atoms with Crippen molar-refractivity contribution < 1.29 is 9.90 Å². The molecule has 0 unspecified atom stereocenters. The van der Waals surface area contributed by atoms with Gasteiger partial charge in [-0.1, -0.05) is 57.1 Å². The van der Waals surface area contributed by atoms with E-state index < -0.39 is 5.91 Å². The van der Waals surface area contributed by atoms with Gasteiger partial charge >= 0.3 is 4.87 Å². The Morgan fingerprint density at radius 3 is 2.74 bits per heavy atom. The maximum absolute atomic E-state index is 12.2. The van der Waals surface area contributed by atoms with Crippen molar-refractivity contribution in [3.8, 4) is 5.75 Å². The van der Waals surface area contributed by atoms with Crippen LogP contribution in [0.3, 0.4) is 0 Å². The Morgan fingerprint density at radius 1 is 1.30 bits per heavy atom. The SMILES string of the molecule is O=C(N/N=C/c1sc(=O)n(Cc2ccc(Br)cc2)c1Cl)c1cccc(O)c1. The standard InChI is InChI=1S/C18H13BrClN3O3S/c19-13-6-4-11(5-7-13)10-23-16(20)15(27-18(23)26)9-21-22-17(25)12-2-1-3-14(24)8-12/h1-9,24H,10H2,(H,22,25)/b21-9+. The lowest BCUT2D eigenvalue weighted by molar-refractivity contribution is 0.0954. The lowest BCUT2D eigenvalue weighted by atomic mass is 10.2. The molecule has 27 heavy (non-hydrogen) atoms. The maximum atomic E-state index is 12.2. The molecule has 0 radical (unpaired) electrons. The van der Waals surface area contributed by atoms with E-state index in [0.29, 0.717) is 11.4 Å². The van der Waals surface area contributed by atoms with Crippen LogP contribution >= 0.6 is 38.9 Å². The van der Waals surface area contributed by atoms with Gasteiger partial charge in [0.1, 0.15) is 10.9 Å². The molecule has 2 N–H and O–H groups in total. The highest BCUT2D eigenvalue weighted by molar-refractivity contribution is 9.10. The largest absolute Gasteiger partial charge is 0.508 e. The van der Waals surface area contributed by atoms with Crippen LogP contribution in [0.15, 0.2) is 62.9 Å². The first-order valence-corrected chi connectivity index (χ1v) is 9.69. The summed E-state index contributed by atoms with van der Waals surface area (Å²) in [6.45, 7) is 0.338. The Hall–Kier alpha value is -2.42. The number of benzene rings is 2. The molecule has 0 saturated carbocycles. The molecule has 1 heterocycles. The number of aromatic hydroxyl groups is 1. The summed E-state index contributed by atoms with van der Waals surface area (Å²) in [4.78, 5) is 24.4. The normalized spacial score (nSPS) is 11.0. The van der Waals surface area contributed by atoms with Gasteiger partial charge in [0.25, 0.3) is 5.91 Å². The molecule has 6 nitrogen and oxygen atoms in total. The lowest BCUT2D eigenvalue weighted by Gasteiger charge is -2.04. The predicted molar refractivity (Wildman–Crippen MR) is 110 cm³/mol. The number of carbonyl (C=O) groups excluding carboxylic acids is 1. The molecule has 1 aromatic heterocycles. The topological polar surface area (TPSA) is 83.7 Å². The third kappa shape index (κ3) is 4.85. The minimum Gasteiger partial charge on any atom is -0.508 e. The number of phenolic OH excluding ortho intramolecular Hbond substituents is 1. The average molecular weight is 467 g/mol. The Kier molecular flexibility index (Phi) is 6.10. The van der Waals surface area contributed by atoms with Gasteiger partial charge in [-0.25, -0.2) is 5.43 Å². The quantitative estimate of drug-likeness (QED) is 0.443. The van der Waals surface area contributed by atoms with Gasteiger partial charge in [0.2, 0.25) is 0 Å². The summed E-state index contributed by atoms with van der Waals surface area (Å²) in [5, 5.41) is 13.5. The number of nitrogens with one attached hydrogen (secondary N) is 1. The van der Waals surface area contributed by atoms with Crippen molar-refractivity contribution in [2.75, 3.05) is 0 Å². The molecular weight excluding hydrogens is 454 g/mol. The molecule has 3 aromatic rings. The maximum Gasteiger partial charge on any atom is 0.309 e. The van der Waals surface area contributed by atoms with Crippen LogP contribution in [0.25, 0.3) is 0 Å². The first-order chi connectivity index (χ1) is 12.9. The second kappa shape index (κ2) is 8.51. The number of hydrogen-bond acceptors (Lipinski definition) is 5. The molecule has 0 aliphatic rings. The average Bonchev–Trinajstić information content (AvgIpc) is 2.91. The summed E-state index contributed by atoms with van der Waals surface area (Å²) in [5.74, 6) is -0.502. The van der Waals surface area contributed by atoms with Crippen LogP contribution in [0.5, 0.6) is 5.75 Å². The van der Waals surface area contributed by atoms with Gasteiger partial charge in [-0.2, -0.15) is 5.10 Å². The van der Waals surface area contributed by atoms with Crippen LogP contribution in [0.2, 0.25) is 5.15 Å². The number of halogens is 2. The fraction of sp³-hybridized carbons (Fsp3) is 0.0556. The van der Waals surface area contributed by atoms with Crippen LogP contribution in [-0.2, 0) is 6.54 Å². The smallest absolute Gasteiger partial charge is 0.309 e. The van der Waals surface area contributed by atoms with Crippen LogP contribution in [0.1, 0.15) is 20.8 Å². The monoisotopic (exact) mass is 465 g/mol. The number of phenols is 1. The summed E-state index contributed by atoms with van der Waals surface area (Å²) in [5.41, 5.74) is 3.53. The minimum absolute atomic E-state index is 0.0158. The van der Waals surface area contributed by atoms with E-state index >= 15 is 0 Å². The third-order valence-corrected chi connectivity index (χ3v) is 5.53. The first kappa shape index (κ1) is 19.3. The molecule has 0 fully saturated rings. The Balaban J connectivity index is 1.72. The second-order valence-corrected chi connectivity index (χ2v) is 7.75. The zero-order chi connectivity index (χ0) is 19.4. The summed E-state index contributed by atoms with van der Waals surface area (Å²) in [7, 11) is 0. The van der Waals surface area contributed by atoms with E-state index in [-0.39, 0.29) is 21.3 Å². The van der Waals surface area contributed by atoms with E-state index in [2.05, 4.69) is 26.5 Å². The second-order valence-electron chi connectivity index (χ2n) is 5.49. The molecule has 0 bridgehead atoms. The molecule has 2 aromatic carbocycles. The number of aromatic nitrogens is 1. The minimum atomic E-state index is -0.486. The fourth-order valence-electron chi connectivity index (χ4n) is 2.25. The van der Waals surface area contributed by atoms with Crippen LogP contribution in [0.4, 0.5) is 0 Å². The fourth-order valence-corrected chi connectivity index (χ4v) is 3.62. The molecule has 3 rings (SSSR count). The van der Waals surface area contributed by atoms with Crippen molar-refractivity contribution in [2.24, 2.45) is 5.10 Å². The number of thiazole rings is 1. The molecule has 0 atom stereocenters. The van der Waals surface area contributed by atoms with Crippen molar-refractivity contribution in [3.05, 3.63) is 83.8 Å². The Bertz CT molecular complexity index is 1060. The summed E-state index contributed by atoms with van der Waals surface area (Å²) in [6, 6.07) is 13.5. The third-order valence-electron chi connectivity index (χ3n) is 3.57. The molecule has 0 aliphatic carbocycles. The van der Waals surface area contributed by atoms with Crippen LogP contribution in [-0.4, -0.2) is 21.8 Å². The van der Waals surface area contributed by atoms with E-state index in [0.717, 1.165) is 21.4 Å². The number of hydrazone groups is 1. The number of nitrogens with zero attached hydrogens (tertiary/aromatic N) is 2. The van der Waals surface area contributed by atoms with Gasteiger partial charge in [0.15, 0.2) is 0 Å². The van der Waals surface area contributed by atoms with Crippen molar-refractivity contribution in [2.45, 2.75) is 6.54 Å². The number of carbonyl (C=O) groups is 1. The Morgan fingerprint density at radius 2 is 2.04 bits per heavy atom. The van der Waals surface area contributed by atoms with E-state index in [1.165, 1.54) is 22.9 Å². The van der Waals surface area contributed by atoms with E-state index in [9.17, 15) is 14.7 Å². The Labute approximate surface area is 171 Å². The molecule has 1 amide bonds. The number of rotatable bonds is 5. The van der Waals surface area contributed by atoms with Gasteiger partial charge in [0, 0.05) is 10.0 Å². The van der Waals surface area contributed by atoms with Crippen LogP contribution in [0, 0.1) is 0 Å². The van der Waals surface area contributed by atoms with Gasteiger partial charge in [-0.3, -0.25) is 14.2 Å². The molecular formula is C18H13BrClN3O3S. The van der Waals surface area contributed by atoms with Crippen molar-refractivity contribution in [1.82, 2.24) is 9.99 Å². The summed E-state index contributed by atoms with van der Waals surface area (Å²) in [6.07, 6.45) is 1.33. The highest BCUT2D eigenvalue weighted by Crippen LogP contribution is 2.19. The summed E-state index contributed by atoms with van der Waals surface area (Å²) < 4.78 is 2.39. The first-order valence-electron chi connectivity index (χ1n) is 7.70. The van der Waals surface area contributed by atoms with Gasteiger partial charge in [-0.05, 0) is 35.9 Å². The molecule has 9 heteroatoms. The van der Waals surface area contributed by atoms with E-state index in [4.69, 9.17) is 11.6 Å². The van der Waals surface area contributed by atoms with E-state index in [1.807, 2.05) is 24.3 Å². The van der Waals surface area contributed by atoms with Gasteiger partial charge in [0.05, 0.1) is 17.6 Å². The number of hydrogen-bond donors (Lipinski definition) is 2. The van der Waals surface area contributed by atoms with Gasteiger partial charge < -0.3 is 5.11 Å². The van der Waals surface area contributed by atoms with Crippen LogP contribution < -0.4 is 10.3 Å². The highest BCUT2D eigenvalue weighted by Gasteiger charge is 2.12. The highest BCUT2D eigenvalue weighted by atomic mass is 79.9. The molecule has 138 valence electrons. The zero-order valence-electron chi connectivity index (χ0n) is 13.7. The predicted octanol–water partition coefficient (Wildman–Crippen LogP) is 3.84. The van der Waals surface area contributed by atoms with Crippen molar-refractivity contribution in [3.63, 3.8) is 0 Å². The van der Waals surface area contributed by atoms with Gasteiger partial charge in [-0.15, -0.1) is 0 Å². The molecule has 0 saturated heterocycles. The summed E-state index contributed by atoms with van der Waals surface area (Å²) >= 11 is 10.6. The van der Waals surface area contributed by atoms with Crippen molar-refractivity contribution in [1.29, 1.82) is 0 Å². The van der Waals surface area contributed by atoms with Crippen molar-refractivity contribution >= 4 is 51.0 Å². The molecule has 0 aliphatic heterocycles. The number of amides is 1.